The van der Waals surface area contributed by atoms with Crippen LogP contribution in [0.25, 0.3) is 22.0 Å². The predicted octanol–water partition coefficient (Wildman–Crippen LogP) is 6.75. The van der Waals surface area contributed by atoms with E-state index in [1.807, 2.05) is 30.9 Å². The number of amides is 5. The molecule has 12 nitrogen and oxygen atoms in total. The highest BCUT2D eigenvalue weighted by Crippen LogP contribution is 2.45. The molecule has 61 heavy (non-hydrogen) atoms. The minimum atomic E-state index is -4.70. The van der Waals surface area contributed by atoms with Gasteiger partial charge in [0, 0.05) is 90.9 Å². The fourth-order valence-electron chi connectivity index (χ4n) is 8.43. The van der Waals surface area contributed by atoms with E-state index < -0.39 is 29.6 Å². The maximum Gasteiger partial charge on any atom is 0.417 e. The number of aromatic nitrogens is 2. The fraction of sp³-hybridized carbons (Fsp3) is 0.304. The molecule has 1 atom stereocenters. The number of pyridine rings is 1. The molecule has 312 valence electrons. The van der Waals surface area contributed by atoms with Gasteiger partial charge in [-0.3, -0.25) is 34.3 Å². The van der Waals surface area contributed by atoms with Crippen LogP contribution in [0.2, 0.25) is 0 Å². The van der Waals surface area contributed by atoms with Crippen LogP contribution in [0.3, 0.4) is 0 Å². The molecule has 3 aliphatic heterocycles. The highest BCUT2D eigenvalue weighted by molar-refractivity contribution is 6.09. The van der Waals surface area contributed by atoms with E-state index in [0.29, 0.717) is 58.4 Å². The first-order chi connectivity index (χ1) is 29.2. The number of hydrogen-bond donors (Lipinski definition) is 4. The number of hydrogen-bond acceptors (Lipinski definition) is 7. The lowest BCUT2D eigenvalue weighted by Gasteiger charge is -2.33. The molecule has 1 fully saturated rings. The van der Waals surface area contributed by atoms with Crippen molar-refractivity contribution in [1.29, 1.82) is 0 Å². The number of carbonyl (C=O) groups is 5. The number of carbonyl (C=O) groups excluding carboxylic acids is 5. The lowest BCUT2D eigenvalue weighted by atomic mass is 9.91. The zero-order valence-electron chi connectivity index (χ0n) is 33.7. The quantitative estimate of drug-likeness (QED) is 0.0766. The van der Waals surface area contributed by atoms with Crippen LogP contribution in [0.1, 0.15) is 104 Å². The molecule has 4 N–H and O–H groups in total. The molecule has 2 aromatic heterocycles. The van der Waals surface area contributed by atoms with E-state index in [2.05, 4.69) is 37.8 Å². The average molecular weight is 830 g/mol. The summed E-state index contributed by atoms with van der Waals surface area (Å²) in [5.41, 5.74) is 5.22. The van der Waals surface area contributed by atoms with Gasteiger partial charge in [-0.25, -0.2) is 0 Å². The van der Waals surface area contributed by atoms with E-state index in [9.17, 15) is 37.1 Å². The first kappa shape index (κ1) is 40.8. The first-order valence-corrected chi connectivity index (χ1v) is 20.1. The van der Waals surface area contributed by atoms with Crippen molar-refractivity contribution >= 4 is 51.8 Å². The summed E-state index contributed by atoms with van der Waals surface area (Å²) < 4.78 is 44.6. The molecule has 5 heterocycles. The van der Waals surface area contributed by atoms with Crippen LogP contribution in [-0.4, -0.2) is 70.6 Å². The summed E-state index contributed by atoms with van der Waals surface area (Å²) in [7, 11) is 1.55. The number of imide groups is 1. The van der Waals surface area contributed by atoms with Crippen molar-refractivity contribution in [3.05, 3.63) is 112 Å². The molecule has 8 rings (SSSR count). The lowest BCUT2D eigenvalue weighted by molar-refractivity contribution is -0.138. The smallest absolute Gasteiger partial charge is 0.360 e. The Morgan fingerprint density at radius 2 is 1.84 bits per heavy atom. The number of alkyl halides is 3. The number of nitrogens with zero attached hydrogens (tertiary/aromatic N) is 3. The van der Waals surface area contributed by atoms with Crippen molar-refractivity contribution in [2.24, 2.45) is 0 Å². The van der Waals surface area contributed by atoms with Gasteiger partial charge < -0.3 is 25.4 Å². The normalized spacial score (nSPS) is 16.2. The summed E-state index contributed by atoms with van der Waals surface area (Å²) in [6.45, 7) is 4.89. The van der Waals surface area contributed by atoms with E-state index in [4.69, 9.17) is 0 Å². The summed E-state index contributed by atoms with van der Waals surface area (Å²) in [6.07, 6.45) is 0.144. The summed E-state index contributed by atoms with van der Waals surface area (Å²) >= 11 is 0. The molecule has 3 aliphatic rings. The number of nitrogens with one attached hydrogen (secondary N) is 4. The molecule has 1 saturated heterocycles. The van der Waals surface area contributed by atoms with Gasteiger partial charge in [0.2, 0.25) is 11.8 Å². The minimum Gasteiger partial charge on any atom is -0.360 e. The number of halogens is 3. The average Bonchev–Trinajstić information content (AvgIpc) is 3.83. The fourth-order valence-corrected chi connectivity index (χ4v) is 8.43. The van der Waals surface area contributed by atoms with Gasteiger partial charge >= 0.3 is 6.18 Å². The van der Waals surface area contributed by atoms with Gasteiger partial charge in [-0.05, 0) is 89.9 Å². The van der Waals surface area contributed by atoms with Gasteiger partial charge in [-0.2, -0.15) is 13.2 Å². The largest absolute Gasteiger partial charge is 0.417 e. The summed E-state index contributed by atoms with van der Waals surface area (Å²) in [5.74, 6) is 4.20. The number of benzene rings is 3. The van der Waals surface area contributed by atoms with Gasteiger partial charge in [0.15, 0.2) is 0 Å². The molecule has 15 heteroatoms. The SMILES string of the molecule is CNC(=O)c1c[nH]c2c(C(C)C)cc(N3CCCc4cc(-c5ccc(C(=O)NCCC#Cc6cccc7c6CN(C6CCC(=O)NC6=O)C7=O)nc5)c(C(F)(F)F)cc43)cc12. The zero-order valence-corrected chi connectivity index (χ0v) is 33.7. The molecule has 0 aliphatic carbocycles. The number of H-pyrrole nitrogens is 1. The molecule has 0 bridgehead atoms. The van der Waals surface area contributed by atoms with Crippen molar-refractivity contribution in [1.82, 2.24) is 30.8 Å². The molecule has 3 aromatic carbocycles. The van der Waals surface area contributed by atoms with E-state index in [1.165, 1.54) is 29.3 Å². The second-order valence-electron chi connectivity index (χ2n) is 15.6. The summed E-state index contributed by atoms with van der Waals surface area (Å²) in [6, 6.07) is 13.9. The van der Waals surface area contributed by atoms with Crippen LogP contribution in [0, 0.1) is 11.8 Å². The van der Waals surface area contributed by atoms with Crippen LogP contribution >= 0.6 is 0 Å². The highest BCUT2D eigenvalue weighted by atomic mass is 19.4. The Balaban J connectivity index is 0.971. The molecule has 5 amide bonds. The number of rotatable bonds is 8. The Kier molecular flexibility index (Phi) is 10.9. The topological polar surface area (TPSA) is 157 Å². The second-order valence-corrected chi connectivity index (χ2v) is 15.6. The van der Waals surface area contributed by atoms with E-state index >= 15 is 0 Å². The molecule has 5 aromatic rings. The van der Waals surface area contributed by atoms with Crippen molar-refractivity contribution in [3.63, 3.8) is 0 Å². The Morgan fingerprint density at radius 1 is 1.02 bits per heavy atom. The van der Waals surface area contributed by atoms with Crippen LogP contribution in [0.15, 0.2) is 67.0 Å². The van der Waals surface area contributed by atoms with Crippen LogP contribution in [0.4, 0.5) is 24.5 Å². The molecular weight excluding hydrogens is 788 g/mol. The lowest BCUT2D eigenvalue weighted by Crippen LogP contribution is -2.52. The predicted molar refractivity (Wildman–Crippen MR) is 222 cm³/mol. The number of aryl methyl sites for hydroxylation is 1. The maximum atomic E-state index is 14.9. The molecule has 0 saturated carbocycles. The van der Waals surface area contributed by atoms with Crippen molar-refractivity contribution in [2.45, 2.75) is 70.6 Å². The van der Waals surface area contributed by atoms with E-state index in [-0.39, 0.29) is 72.8 Å². The Hall–Kier alpha value is -6.95. The van der Waals surface area contributed by atoms with E-state index in [1.54, 1.807) is 37.5 Å². The Morgan fingerprint density at radius 3 is 2.56 bits per heavy atom. The molecular formula is C46H42F3N7O5. The standard InChI is InChI=1S/C46H42F3N7O5/c1-25(2)31-19-29(20-33-34(42(58)50-3)23-53-41(31)33)55-17-7-10-27-18-32(36(21-39(27)55)46(47,48)49)28-12-13-37(52-22-28)43(59)51-16-5-4-8-26-9-6-11-30-35(26)24-56(45(30)61)38-14-15-40(57)54-44(38)60/h6,9,11-13,18-23,25,38,53H,5,7,10,14-17,24H2,1-3H3,(H,50,58)(H,51,59)(H,54,57,60). The molecule has 0 radical (unpaired) electrons. The Bertz CT molecular complexity index is 2690. The first-order valence-electron chi connectivity index (χ1n) is 20.1. The third-order valence-corrected chi connectivity index (χ3v) is 11.5. The third kappa shape index (κ3) is 7.81. The maximum absolute atomic E-state index is 14.9. The summed E-state index contributed by atoms with van der Waals surface area (Å²) in [5, 5.41) is 8.39. The van der Waals surface area contributed by atoms with Crippen LogP contribution in [0.5, 0.6) is 0 Å². The number of anilines is 2. The third-order valence-electron chi connectivity index (χ3n) is 11.5. The van der Waals surface area contributed by atoms with Crippen molar-refractivity contribution in [3.8, 4) is 23.0 Å². The van der Waals surface area contributed by atoms with Crippen molar-refractivity contribution < 1.29 is 37.1 Å². The monoisotopic (exact) mass is 829 g/mol. The Labute approximate surface area is 349 Å². The minimum absolute atomic E-state index is 0.0274. The highest BCUT2D eigenvalue weighted by Gasteiger charge is 2.40. The molecule has 0 spiro atoms. The number of piperidine rings is 1. The van der Waals surface area contributed by atoms with Gasteiger partial charge in [-0.15, -0.1) is 0 Å². The second kappa shape index (κ2) is 16.2. The number of fused-ring (bicyclic) bond motifs is 3. The van der Waals surface area contributed by atoms with Gasteiger partial charge in [0.1, 0.15) is 11.7 Å². The van der Waals surface area contributed by atoms with Gasteiger partial charge in [-0.1, -0.05) is 37.8 Å². The van der Waals surface area contributed by atoms with Crippen LogP contribution < -0.4 is 20.9 Å². The van der Waals surface area contributed by atoms with Gasteiger partial charge in [0.05, 0.1) is 11.1 Å². The van der Waals surface area contributed by atoms with Crippen LogP contribution in [-0.2, 0) is 28.7 Å². The molecule has 1 unspecified atom stereocenters. The summed E-state index contributed by atoms with van der Waals surface area (Å²) in [4.78, 5) is 73.7. The van der Waals surface area contributed by atoms with Gasteiger partial charge in [0.25, 0.3) is 17.7 Å². The number of aromatic amines is 1. The van der Waals surface area contributed by atoms with Crippen molar-refractivity contribution in [2.75, 3.05) is 25.0 Å². The van der Waals surface area contributed by atoms with E-state index in [0.717, 1.165) is 16.6 Å². The zero-order chi connectivity index (χ0) is 43.2.